The van der Waals surface area contributed by atoms with Crippen molar-refractivity contribution in [1.82, 2.24) is 19.9 Å². The molecule has 0 bridgehead atoms. The summed E-state index contributed by atoms with van der Waals surface area (Å²) in [7, 11) is 0. The number of fused-ring (bicyclic) bond motifs is 1. The van der Waals surface area contributed by atoms with E-state index in [4.69, 9.17) is 5.11 Å². The lowest BCUT2D eigenvalue weighted by Crippen LogP contribution is -2.32. The number of β-amino-alcohol motifs (C(OH)–C–C–N with tert-alkyl or cyclic N) is 1. The van der Waals surface area contributed by atoms with Crippen molar-refractivity contribution in [3.05, 3.63) is 65.0 Å². The highest BCUT2D eigenvalue weighted by Crippen LogP contribution is 2.26. The van der Waals surface area contributed by atoms with Crippen molar-refractivity contribution >= 4 is 29.6 Å². The van der Waals surface area contributed by atoms with E-state index in [1.54, 1.807) is 32.0 Å². The maximum Gasteiger partial charge on any atom is 0.229 e. The predicted molar refractivity (Wildman–Crippen MR) is 126 cm³/mol. The summed E-state index contributed by atoms with van der Waals surface area (Å²) in [6, 6.07) is 11.4. The number of aliphatic hydroxyl groups excluding tert-OH is 1. The number of carbonyl (C=O) groups excluding carboxylic acids is 1. The lowest BCUT2D eigenvalue weighted by molar-refractivity contribution is 0.0740. The smallest absolute Gasteiger partial charge is 0.229 e. The first-order chi connectivity index (χ1) is 15.9. The van der Waals surface area contributed by atoms with Crippen LogP contribution in [0.5, 0.6) is 0 Å². The zero-order valence-corrected chi connectivity index (χ0v) is 18.7. The summed E-state index contributed by atoms with van der Waals surface area (Å²) in [6.07, 6.45) is 3.05. The molecule has 1 aliphatic rings. The molecule has 4 rings (SSSR count). The molecule has 0 atom stereocenters. The van der Waals surface area contributed by atoms with Gasteiger partial charge in [0.25, 0.3) is 0 Å². The van der Waals surface area contributed by atoms with Crippen LogP contribution in [0.1, 0.15) is 41.0 Å². The highest BCUT2D eigenvalue weighted by molar-refractivity contribution is 5.83. The molecule has 0 radical (unpaired) electrons. The summed E-state index contributed by atoms with van der Waals surface area (Å²) >= 11 is 0. The molecule has 4 N–H and O–H groups in total. The van der Waals surface area contributed by atoms with Crippen LogP contribution < -0.4 is 10.6 Å². The van der Waals surface area contributed by atoms with Crippen LogP contribution in [0.25, 0.3) is 0 Å². The number of nitrogens with one attached hydrogen (secondary N) is 2. The maximum absolute atomic E-state index is 11.5. The Morgan fingerprint density at radius 1 is 1.15 bits per heavy atom. The number of hydrogen-bond donors (Lipinski definition) is 4. The number of nitrogens with zero attached hydrogens (tertiary/aromatic N) is 4. The second-order valence-electron chi connectivity index (χ2n) is 8.57. The minimum absolute atomic E-state index is 0.164. The van der Waals surface area contributed by atoms with Crippen molar-refractivity contribution in [2.45, 2.75) is 32.4 Å². The number of anilines is 4. The predicted octanol–water partition coefficient (Wildman–Crippen LogP) is 2.75. The molecule has 33 heavy (non-hydrogen) atoms. The first-order valence-corrected chi connectivity index (χ1v) is 10.9. The monoisotopic (exact) mass is 448 g/mol. The van der Waals surface area contributed by atoms with E-state index in [2.05, 4.69) is 42.6 Å². The molecule has 0 saturated heterocycles. The van der Waals surface area contributed by atoms with E-state index in [-0.39, 0.29) is 6.61 Å². The summed E-state index contributed by atoms with van der Waals surface area (Å²) in [5.41, 5.74) is 3.06. The first kappa shape index (κ1) is 22.8. The number of carbonyl (C=O) groups is 1. The van der Waals surface area contributed by atoms with Gasteiger partial charge in [-0.2, -0.15) is 4.98 Å². The molecule has 9 nitrogen and oxygen atoms in total. The molecular formula is C24H28N6O3. The molecule has 2 aromatic heterocycles. The normalized spacial score (nSPS) is 13.9. The molecular weight excluding hydrogens is 420 g/mol. The highest BCUT2D eigenvalue weighted by Gasteiger charge is 2.19. The van der Waals surface area contributed by atoms with E-state index >= 15 is 0 Å². The summed E-state index contributed by atoms with van der Waals surface area (Å²) in [5, 5.41) is 25.7. The van der Waals surface area contributed by atoms with Gasteiger partial charge in [0.05, 0.1) is 17.9 Å². The van der Waals surface area contributed by atoms with E-state index in [0.717, 1.165) is 25.2 Å². The fourth-order valence-corrected chi connectivity index (χ4v) is 3.75. The van der Waals surface area contributed by atoms with Gasteiger partial charge in [0.15, 0.2) is 6.29 Å². The number of benzene rings is 1. The third kappa shape index (κ3) is 5.51. The fourth-order valence-electron chi connectivity index (χ4n) is 3.75. The van der Waals surface area contributed by atoms with Gasteiger partial charge in [-0.15, -0.1) is 0 Å². The van der Waals surface area contributed by atoms with E-state index in [1.165, 1.54) is 17.3 Å². The number of pyridine rings is 1. The third-order valence-corrected chi connectivity index (χ3v) is 5.54. The first-order valence-electron chi connectivity index (χ1n) is 10.9. The average molecular weight is 449 g/mol. The molecule has 1 aromatic carbocycles. The van der Waals surface area contributed by atoms with Crippen LogP contribution in [0.2, 0.25) is 0 Å². The molecule has 0 spiro atoms. The Bertz CT molecular complexity index is 1150. The van der Waals surface area contributed by atoms with Gasteiger partial charge in [-0.1, -0.05) is 12.1 Å². The fraction of sp³-hybridized carbons (Fsp3) is 0.333. The van der Waals surface area contributed by atoms with Crippen LogP contribution in [0.4, 0.5) is 23.3 Å². The van der Waals surface area contributed by atoms with Crippen molar-refractivity contribution in [3.8, 4) is 0 Å². The van der Waals surface area contributed by atoms with Gasteiger partial charge in [-0.25, -0.2) is 9.97 Å². The Kier molecular flexibility index (Phi) is 6.64. The lowest BCUT2D eigenvalue weighted by Gasteiger charge is -2.28. The molecule has 3 heterocycles. The molecule has 172 valence electrons. The molecule has 9 heteroatoms. The van der Waals surface area contributed by atoms with Crippen molar-refractivity contribution in [2.24, 2.45) is 0 Å². The standard InChI is InChI=1S/C24H28N6O3/c1-24(2,33)20-4-3-5-21(27-20)28-22-18(15-32)13-25-23(29-22)26-19-7-6-17-14-30(10-11-31)9-8-16(17)12-19/h3-7,12-13,15,31,33H,8-11,14H2,1-2H3,(H2,25,26,27,28,29). The second-order valence-corrected chi connectivity index (χ2v) is 8.57. The molecule has 1 aliphatic heterocycles. The second kappa shape index (κ2) is 9.62. The van der Waals surface area contributed by atoms with Crippen LogP contribution in [-0.4, -0.2) is 56.0 Å². The lowest BCUT2D eigenvalue weighted by atomic mass is 9.99. The third-order valence-electron chi connectivity index (χ3n) is 5.54. The van der Waals surface area contributed by atoms with Gasteiger partial charge in [-0.05, 0) is 55.7 Å². The van der Waals surface area contributed by atoms with Gasteiger partial charge in [0.2, 0.25) is 5.95 Å². The summed E-state index contributed by atoms with van der Waals surface area (Å²) in [5.74, 6) is 1.13. The van der Waals surface area contributed by atoms with E-state index in [0.29, 0.717) is 41.7 Å². The number of hydrogen-bond acceptors (Lipinski definition) is 9. The van der Waals surface area contributed by atoms with Crippen LogP contribution in [-0.2, 0) is 18.6 Å². The molecule has 0 unspecified atom stereocenters. The minimum Gasteiger partial charge on any atom is -0.395 e. The topological polar surface area (TPSA) is 124 Å². The zero-order chi connectivity index (χ0) is 23.4. The van der Waals surface area contributed by atoms with Gasteiger partial charge >= 0.3 is 0 Å². The van der Waals surface area contributed by atoms with Crippen LogP contribution in [0, 0.1) is 0 Å². The Balaban J connectivity index is 1.54. The SMILES string of the molecule is CC(C)(O)c1cccc(Nc2nc(Nc3ccc4c(c3)CCN(CCO)C4)ncc2C=O)n1. The largest absolute Gasteiger partial charge is 0.395 e. The van der Waals surface area contributed by atoms with E-state index in [9.17, 15) is 9.90 Å². The van der Waals surface area contributed by atoms with E-state index < -0.39 is 5.60 Å². The van der Waals surface area contributed by atoms with Gasteiger partial charge in [0, 0.05) is 31.5 Å². The Morgan fingerprint density at radius 2 is 2.00 bits per heavy atom. The molecule has 0 amide bonds. The van der Waals surface area contributed by atoms with Crippen molar-refractivity contribution < 1.29 is 15.0 Å². The number of aldehydes is 1. The van der Waals surface area contributed by atoms with Crippen LogP contribution >= 0.6 is 0 Å². The molecule has 0 saturated carbocycles. The minimum atomic E-state index is -1.09. The zero-order valence-electron chi connectivity index (χ0n) is 18.7. The van der Waals surface area contributed by atoms with Crippen LogP contribution in [0.3, 0.4) is 0 Å². The Morgan fingerprint density at radius 3 is 2.76 bits per heavy atom. The summed E-state index contributed by atoms with van der Waals surface area (Å²) in [6.45, 7) is 5.89. The Labute approximate surface area is 192 Å². The number of aliphatic hydroxyl groups is 2. The maximum atomic E-state index is 11.5. The van der Waals surface area contributed by atoms with Gasteiger partial charge < -0.3 is 20.8 Å². The quantitative estimate of drug-likeness (QED) is 0.385. The van der Waals surface area contributed by atoms with Crippen molar-refractivity contribution in [1.29, 1.82) is 0 Å². The van der Waals surface area contributed by atoms with Crippen LogP contribution in [0.15, 0.2) is 42.6 Å². The van der Waals surface area contributed by atoms with Crippen molar-refractivity contribution in [2.75, 3.05) is 30.3 Å². The van der Waals surface area contributed by atoms with Gasteiger partial charge in [-0.3, -0.25) is 9.69 Å². The van der Waals surface area contributed by atoms with Crippen molar-refractivity contribution in [3.63, 3.8) is 0 Å². The highest BCUT2D eigenvalue weighted by atomic mass is 16.3. The molecule has 0 aliphatic carbocycles. The Hall–Kier alpha value is -3.40. The molecule has 3 aromatic rings. The molecule has 0 fully saturated rings. The summed E-state index contributed by atoms with van der Waals surface area (Å²) < 4.78 is 0. The number of aromatic nitrogens is 3. The van der Waals surface area contributed by atoms with Gasteiger partial charge in [0.1, 0.15) is 17.2 Å². The van der Waals surface area contributed by atoms with E-state index in [1.807, 2.05) is 6.07 Å². The summed E-state index contributed by atoms with van der Waals surface area (Å²) in [4.78, 5) is 26.9. The average Bonchev–Trinajstić information content (AvgIpc) is 2.79. The number of rotatable bonds is 8.